The largest absolute Gasteiger partial charge is 0.353 e. The average Bonchev–Trinajstić information content (AvgIpc) is 2.71. The molecule has 0 aliphatic carbocycles. The highest BCUT2D eigenvalue weighted by molar-refractivity contribution is 5.88. The molecule has 154 valence electrons. The van der Waals surface area contributed by atoms with Gasteiger partial charge in [-0.1, -0.05) is 50.2 Å². The van der Waals surface area contributed by atoms with Crippen LogP contribution < -0.4 is 5.32 Å². The Kier molecular flexibility index (Phi) is 7.36. The molecule has 1 N–H and O–H groups in total. The minimum atomic E-state index is -0.449. The standard InChI is InChI=1S/C23H30N4O2/c1-18(2)15-27(17-20-10-6-7-11-24-20)22(28)14-21-23(29)25-12-13-26(21)16-19-8-4-3-5-9-19/h3-11,18,21H,12-17H2,1-2H3,(H,25,29)/t21-/m0/s1. The van der Waals surface area contributed by atoms with Crippen LogP contribution in [0.15, 0.2) is 54.7 Å². The van der Waals surface area contributed by atoms with E-state index < -0.39 is 6.04 Å². The van der Waals surface area contributed by atoms with Crippen LogP contribution in [-0.2, 0) is 22.7 Å². The van der Waals surface area contributed by atoms with Gasteiger partial charge in [0.05, 0.1) is 24.7 Å². The molecule has 29 heavy (non-hydrogen) atoms. The average molecular weight is 395 g/mol. The van der Waals surface area contributed by atoms with Crippen molar-refractivity contribution in [2.24, 2.45) is 5.92 Å². The summed E-state index contributed by atoms with van der Waals surface area (Å²) in [5.41, 5.74) is 2.00. The first-order chi connectivity index (χ1) is 14.0. The summed E-state index contributed by atoms with van der Waals surface area (Å²) in [5.74, 6) is 0.260. The molecule has 1 aliphatic heterocycles. The van der Waals surface area contributed by atoms with Crippen LogP contribution in [0.25, 0.3) is 0 Å². The third-order valence-electron chi connectivity index (χ3n) is 5.06. The Balaban J connectivity index is 1.71. The van der Waals surface area contributed by atoms with Crippen LogP contribution in [0.1, 0.15) is 31.5 Å². The summed E-state index contributed by atoms with van der Waals surface area (Å²) in [6, 6.07) is 15.4. The van der Waals surface area contributed by atoms with Crippen LogP contribution in [0.2, 0.25) is 0 Å². The van der Waals surface area contributed by atoms with Crippen molar-refractivity contribution >= 4 is 11.8 Å². The van der Waals surface area contributed by atoms with Crippen molar-refractivity contribution < 1.29 is 9.59 Å². The fourth-order valence-electron chi connectivity index (χ4n) is 3.67. The minimum Gasteiger partial charge on any atom is -0.353 e. The summed E-state index contributed by atoms with van der Waals surface area (Å²) in [6.07, 6.45) is 1.92. The predicted octanol–water partition coefficient (Wildman–Crippen LogP) is 2.46. The van der Waals surface area contributed by atoms with E-state index in [4.69, 9.17) is 0 Å². The lowest BCUT2D eigenvalue weighted by Crippen LogP contribution is -2.56. The molecule has 1 atom stereocenters. The van der Waals surface area contributed by atoms with Gasteiger partial charge in [-0.15, -0.1) is 0 Å². The minimum absolute atomic E-state index is 0.00975. The maximum Gasteiger partial charge on any atom is 0.237 e. The van der Waals surface area contributed by atoms with Crippen LogP contribution in [0.3, 0.4) is 0 Å². The third kappa shape index (κ3) is 6.12. The molecule has 1 aliphatic rings. The normalized spacial score (nSPS) is 17.2. The lowest BCUT2D eigenvalue weighted by molar-refractivity contribution is -0.139. The molecular formula is C23H30N4O2. The molecule has 0 saturated carbocycles. The zero-order valence-electron chi connectivity index (χ0n) is 17.3. The van der Waals surface area contributed by atoms with Gasteiger partial charge in [0.1, 0.15) is 0 Å². The molecule has 1 aromatic carbocycles. The number of piperazine rings is 1. The summed E-state index contributed by atoms with van der Waals surface area (Å²) in [6.45, 7) is 7.30. The van der Waals surface area contributed by atoms with Crippen molar-refractivity contribution in [3.05, 3.63) is 66.0 Å². The Bertz CT molecular complexity index is 795. The summed E-state index contributed by atoms with van der Waals surface area (Å²) >= 11 is 0. The lowest BCUT2D eigenvalue weighted by Gasteiger charge is -2.36. The van der Waals surface area contributed by atoms with Crippen LogP contribution in [-0.4, -0.2) is 52.3 Å². The van der Waals surface area contributed by atoms with Gasteiger partial charge in [0.2, 0.25) is 11.8 Å². The molecule has 0 spiro atoms. The van der Waals surface area contributed by atoms with Gasteiger partial charge in [-0.2, -0.15) is 0 Å². The van der Waals surface area contributed by atoms with Crippen LogP contribution in [0, 0.1) is 5.92 Å². The van der Waals surface area contributed by atoms with Gasteiger partial charge in [0, 0.05) is 32.4 Å². The molecular weight excluding hydrogens is 364 g/mol. The number of aromatic nitrogens is 1. The van der Waals surface area contributed by atoms with Gasteiger partial charge < -0.3 is 10.2 Å². The van der Waals surface area contributed by atoms with Gasteiger partial charge in [-0.25, -0.2) is 0 Å². The topological polar surface area (TPSA) is 65.5 Å². The maximum atomic E-state index is 13.2. The van der Waals surface area contributed by atoms with Crippen molar-refractivity contribution in [3.63, 3.8) is 0 Å². The number of nitrogens with zero attached hydrogens (tertiary/aromatic N) is 3. The van der Waals surface area contributed by atoms with Crippen molar-refractivity contribution in [3.8, 4) is 0 Å². The molecule has 3 rings (SSSR count). The van der Waals surface area contributed by atoms with Gasteiger partial charge in [0.15, 0.2) is 0 Å². The van der Waals surface area contributed by atoms with E-state index >= 15 is 0 Å². The van der Waals surface area contributed by atoms with E-state index in [-0.39, 0.29) is 18.2 Å². The zero-order valence-corrected chi connectivity index (χ0v) is 17.3. The lowest BCUT2D eigenvalue weighted by atomic mass is 10.1. The van der Waals surface area contributed by atoms with E-state index in [9.17, 15) is 9.59 Å². The summed E-state index contributed by atoms with van der Waals surface area (Å²) < 4.78 is 0. The number of pyridine rings is 1. The Hall–Kier alpha value is -2.73. The number of benzene rings is 1. The van der Waals surface area contributed by atoms with Crippen molar-refractivity contribution in [2.45, 2.75) is 39.4 Å². The number of carbonyl (C=O) groups excluding carboxylic acids is 2. The Labute approximate surface area is 172 Å². The van der Waals surface area contributed by atoms with E-state index in [0.29, 0.717) is 32.1 Å². The molecule has 2 heterocycles. The van der Waals surface area contributed by atoms with Crippen molar-refractivity contribution in [1.82, 2.24) is 20.1 Å². The van der Waals surface area contributed by atoms with Gasteiger partial charge in [-0.05, 0) is 23.6 Å². The first-order valence-corrected chi connectivity index (χ1v) is 10.3. The van der Waals surface area contributed by atoms with Crippen molar-refractivity contribution in [2.75, 3.05) is 19.6 Å². The zero-order chi connectivity index (χ0) is 20.6. The SMILES string of the molecule is CC(C)CN(Cc1ccccn1)C(=O)C[C@H]1C(=O)NCCN1Cc1ccccc1. The second kappa shape index (κ2) is 10.2. The van der Waals surface area contributed by atoms with E-state index in [1.807, 2.05) is 41.3 Å². The number of carbonyl (C=O) groups is 2. The first-order valence-electron chi connectivity index (χ1n) is 10.3. The van der Waals surface area contributed by atoms with Crippen molar-refractivity contribution in [1.29, 1.82) is 0 Å². The molecule has 0 unspecified atom stereocenters. The van der Waals surface area contributed by atoms with E-state index in [1.54, 1.807) is 6.20 Å². The Morgan fingerprint density at radius 1 is 1.21 bits per heavy atom. The predicted molar refractivity (Wildman–Crippen MR) is 113 cm³/mol. The van der Waals surface area contributed by atoms with E-state index in [1.165, 1.54) is 0 Å². The molecule has 0 bridgehead atoms. The molecule has 2 amide bonds. The van der Waals surface area contributed by atoms with Gasteiger partial charge in [0.25, 0.3) is 0 Å². The van der Waals surface area contributed by atoms with E-state index in [2.05, 4.69) is 41.2 Å². The van der Waals surface area contributed by atoms with Gasteiger partial charge in [-0.3, -0.25) is 19.5 Å². The summed E-state index contributed by atoms with van der Waals surface area (Å²) in [7, 11) is 0. The fraction of sp³-hybridized carbons (Fsp3) is 0.435. The molecule has 6 heteroatoms. The molecule has 6 nitrogen and oxygen atoms in total. The highest BCUT2D eigenvalue weighted by Crippen LogP contribution is 2.16. The summed E-state index contributed by atoms with van der Waals surface area (Å²) in [4.78, 5) is 34.1. The third-order valence-corrected chi connectivity index (χ3v) is 5.06. The number of hydrogen-bond acceptors (Lipinski definition) is 4. The van der Waals surface area contributed by atoms with E-state index in [0.717, 1.165) is 17.8 Å². The Morgan fingerprint density at radius 3 is 2.66 bits per heavy atom. The molecule has 1 aromatic heterocycles. The monoisotopic (exact) mass is 394 g/mol. The first kappa shape index (κ1) is 21.0. The summed E-state index contributed by atoms with van der Waals surface area (Å²) in [5, 5.41) is 2.92. The molecule has 1 saturated heterocycles. The quantitative estimate of drug-likeness (QED) is 0.747. The molecule has 0 radical (unpaired) electrons. The van der Waals surface area contributed by atoms with Crippen LogP contribution >= 0.6 is 0 Å². The van der Waals surface area contributed by atoms with Gasteiger partial charge >= 0.3 is 0 Å². The number of nitrogens with one attached hydrogen (secondary N) is 1. The van der Waals surface area contributed by atoms with Crippen LogP contribution in [0.5, 0.6) is 0 Å². The maximum absolute atomic E-state index is 13.2. The number of rotatable bonds is 8. The van der Waals surface area contributed by atoms with Crippen LogP contribution in [0.4, 0.5) is 0 Å². The highest BCUT2D eigenvalue weighted by atomic mass is 16.2. The highest BCUT2D eigenvalue weighted by Gasteiger charge is 2.33. The smallest absolute Gasteiger partial charge is 0.237 e. The Morgan fingerprint density at radius 2 is 1.97 bits per heavy atom. The second-order valence-electron chi connectivity index (χ2n) is 7.96. The number of amides is 2. The second-order valence-corrected chi connectivity index (χ2v) is 7.96. The molecule has 2 aromatic rings. The fourth-order valence-corrected chi connectivity index (χ4v) is 3.67. The number of hydrogen-bond donors (Lipinski definition) is 1. The molecule has 1 fully saturated rings.